The molecule has 148 valence electrons. The Morgan fingerprint density at radius 2 is 1.90 bits per heavy atom. The molecule has 3 heterocycles. The zero-order chi connectivity index (χ0) is 19.9. The summed E-state index contributed by atoms with van der Waals surface area (Å²) in [5.74, 6) is 0.746. The molecular formula is C24H25N3O2. The number of hydrogen-bond donors (Lipinski definition) is 0. The molecule has 5 heteroatoms. The van der Waals surface area contributed by atoms with E-state index in [0.717, 1.165) is 43.4 Å². The molecule has 1 aliphatic rings. The summed E-state index contributed by atoms with van der Waals surface area (Å²) in [6, 6.07) is 15.5. The quantitative estimate of drug-likeness (QED) is 0.630. The van der Waals surface area contributed by atoms with E-state index < -0.39 is 0 Å². The first-order chi connectivity index (χ1) is 14.3. The maximum Gasteiger partial charge on any atom is 0.254 e. The van der Waals surface area contributed by atoms with E-state index in [9.17, 15) is 4.79 Å². The molecule has 2 aromatic heterocycles. The number of carbonyl (C=O) groups excluding carboxylic acids is 1. The maximum atomic E-state index is 13.4. The number of pyridine rings is 2. The van der Waals surface area contributed by atoms with Crippen LogP contribution in [0.25, 0.3) is 0 Å². The molecule has 1 unspecified atom stereocenters. The number of rotatable bonds is 5. The fourth-order valence-corrected chi connectivity index (χ4v) is 3.82. The number of benzene rings is 1. The van der Waals surface area contributed by atoms with Gasteiger partial charge in [0.15, 0.2) is 0 Å². The first-order valence-electron chi connectivity index (χ1n) is 10.1. The van der Waals surface area contributed by atoms with Gasteiger partial charge in [-0.15, -0.1) is 0 Å². The second-order valence-electron chi connectivity index (χ2n) is 7.32. The van der Waals surface area contributed by atoms with Gasteiger partial charge in [-0.3, -0.25) is 14.8 Å². The van der Waals surface area contributed by atoms with Crippen LogP contribution >= 0.6 is 0 Å². The number of aromatic nitrogens is 2. The van der Waals surface area contributed by atoms with Crippen molar-refractivity contribution in [2.24, 2.45) is 0 Å². The van der Waals surface area contributed by atoms with Gasteiger partial charge in [-0.05, 0) is 54.8 Å². The van der Waals surface area contributed by atoms with E-state index in [1.165, 1.54) is 0 Å². The molecule has 4 rings (SSSR count). The highest BCUT2D eigenvalue weighted by atomic mass is 16.5. The SMILES string of the molecule is O=C(c1cccc(OCc2cccnc2)c1)N1CCCCCC1c1ccncc1. The van der Waals surface area contributed by atoms with Crippen LogP contribution < -0.4 is 4.74 Å². The predicted octanol–water partition coefficient (Wildman–Crippen LogP) is 4.81. The van der Waals surface area contributed by atoms with Crippen LogP contribution in [0.15, 0.2) is 73.3 Å². The second-order valence-corrected chi connectivity index (χ2v) is 7.32. The molecule has 1 amide bonds. The van der Waals surface area contributed by atoms with Crippen molar-refractivity contribution in [3.05, 3.63) is 90.0 Å². The number of hydrogen-bond acceptors (Lipinski definition) is 4. The van der Waals surface area contributed by atoms with Gasteiger partial charge in [0.1, 0.15) is 12.4 Å². The molecule has 0 spiro atoms. The van der Waals surface area contributed by atoms with E-state index in [4.69, 9.17) is 4.74 Å². The number of ether oxygens (including phenoxy) is 1. The third-order valence-corrected chi connectivity index (χ3v) is 5.31. The van der Waals surface area contributed by atoms with Crippen LogP contribution in [0.4, 0.5) is 0 Å². The summed E-state index contributed by atoms with van der Waals surface area (Å²) in [5, 5.41) is 0. The van der Waals surface area contributed by atoms with Gasteiger partial charge in [0.25, 0.3) is 5.91 Å². The van der Waals surface area contributed by atoms with Crippen LogP contribution in [-0.2, 0) is 6.61 Å². The summed E-state index contributed by atoms with van der Waals surface area (Å²) in [6.07, 6.45) is 11.4. The smallest absolute Gasteiger partial charge is 0.254 e. The van der Waals surface area contributed by atoms with Gasteiger partial charge in [-0.1, -0.05) is 25.0 Å². The van der Waals surface area contributed by atoms with E-state index in [1.807, 2.05) is 53.4 Å². The minimum atomic E-state index is 0.0561. The number of amides is 1. The Balaban J connectivity index is 1.52. The van der Waals surface area contributed by atoms with Crippen molar-refractivity contribution < 1.29 is 9.53 Å². The molecular weight excluding hydrogens is 362 g/mol. The molecule has 1 atom stereocenters. The summed E-state index contributed by atoms with van der Waals surface area (Å²) in [7, 11) is 0. The van der Waals surface area contributed by atoms with Crippen molar-refractivity contribution in [2.45, 2.75) is 38.3 Å². The summed E-state index contributed by atoms with van der Waals surface area (Å²) < 4.78 is 5.89. The van der Waals surface area contributed by atoms with Gasteiger partial charge in [-0.2, -0.15) is 0 Å². The standard InChI is InChI=1S/C24H25N3O2/c28-24(27-15-3-1-2-9-23(27)20-10-13-25-14-11-20)21-7-4-8-22(16-21)29-18-19-6-5-12-26-17-19/h4-8,10-14,16-17,23H,1-3,9,15,18H2. The van der Waals surface area contributed by atoms with Crippen LogP contribution in [0.2, 0.25) is 0 Å². The highest BCUT2D eigenvalue weighted by molar-refractivity contribution is 5.95. The highest BCUT2D eigenvalue weighted by Gasteiger charge is 2.27. The van der Waals surface area contributed by atoms with E-state index in [0.29, 0.717) is 17.9 Å². The molecule has 0 bridgehead atoms. The first-order valence-corrected chi connectivity index (χ1v) is 10.1. The van der Waals surface area contributed by atoms with E-state index in [1.54, 1.807) is 24.8 Å². The van der Waals surface area contributed by atoms with Crippen molar-refractivity contribution >= 4 is 5.91 Å². The number of likely N-dealkylation sites (tertiary alicyclic amines) is 1. The predicted molar refractivity (Wildman–Crippen MR) is 111 cm³/mol. The maximum absolute atomic E-state index is 13.4. The second kappa shape index (κ2) is 9.32. The van der Waals surface area contributed by atoms with E-state index >= 15 is 0 Å². The molecule has 0 radical (unpaired) electrons. The zero-order valence-corrected chi connectivity index (χ0v) is 16.4. The van der Waals surface area contributed by atoms with E-state index in [2.05, 4.69) is 9.97 Å². The van der Waals surface area contributed by atoms with Crippen LogP contribution in [-0.4, -0.2) is 27.3 Å². The molecule has 1 aliphatic heterocycles. The van der Waals surface area contributed by atoms with Gasteiger partial charge < -0.3 is 9.64 Å². The summed E-state index contributed by atoms with van der Waals surface area (Å²) in [4.78, 5) is 23.7. The lowest BCUT2D eigenvalue weighted by molar-refractivity contribution is 0.0680. The van der Waals surface area contributed by atoms with Crippen LogP contribution in [0.5, 0.6) is 5.75 Å². The molecule has 3 aromatic rings. The Kier molecular flexibility index (Phi) is 6.15. The molecule has 1 fully saturated rings. The lowest BCUT2D eigenvalue weighted by atomic mass is 10.0. The van der Waals surface area contributed by atoms with Crippen molar-refractivity contribution in [3.8, 4) is 5.75 Å². The van der Waals surface area contributed by atoms with Gasteiger partial charge in [-0.25, -0.2) is 0 Å². The van der Waals surface area contributed by atoms with Gasteiger partial charge in [0.05, 0.1) is 6.04 Å². The largest absolute Gasteiger partial charge is 0.489 e. The molecule has 5 nitrogen and oxygen atoms in total. The minimum Gasteiger partial charge on any atom is -0.489 e. The average Bonchev–Trinajstić information content (AvgIpc) is 3.05. The number of nitrogens with zero attached hydrogens (tertiary/aromatic N) is 3. The molecule has 0 saturated carbocycles. The van der Waals surface area contributed by atoms with Gasteiger partial charge >= 0.3 is 0 Å². The molecule has 1 saturated heterocycles. The third kappa shape index (κ3) is 4.80. The van der Waals surface area contributed by atoms with Crippen LogP contribution in [0.1, 0.15) is 53.2 Å². The monoisotopic (exact) mass is 387 g/mol. The molecule has 1 aromatic carbocycles. The van der Waals surface area contributed by atoms with Crippen molar-refractivity contribution in [1.29, 1.82) is 0 Å². The Morgan fingerprint density at radius 3 is 2.72 bits per heavy atom. The highest BCUT2D eigenvalue weighted by Crippen LogP contribution is 2.31. The average molecular weight is 387 g/mol. The normalized spacial score (nSPS) is 16.8. The summed E-state index contributed by atoms with van der Waals surface area (Å²) >= 11 is 0. The summed E-state index contributed by atoms with van der Waals surface area (Å²) in [5.41, 5.74) is 2.81. The van der Waals surface area contributed by atoms with Gasteiger partial charge in [0, 0.05) is 42.5 Å². The first kappa shape index (κ1) is 19.1. The third-order valence-electron chi connectivity index (χ3n) is 5.31. The summed E-state index contributed by atoms with van der Waals surface area (Å²) in [6.45, 7) is 1.20. The Hall–Kier alpha value is -3.21. The molecule has 0 aliphatic carbocycles. The fourth-order valence-electron chi connectivity index (χ4n) is 3.82. The number of carbonyl (C=O) groups is 1. The Bertz CT molecular complexity index is 931. The van der Waals surface area contributed by atoms with Crippen molar-refractivity contribution in [1.82, 2.24) is 14.9 Å². The lowest BCUT2D eigenvalue weighted by Gasteiger charge is -2.30. The lowest BCUT2D eigenvalue weighted by Crippen LogP contribution is -2.34. The van der Waals surface area contributed by atoms with E-state index in [-0.39, 0.29) is 11.9 Å². The minimum absolute atomic E-state index is 0.0561. The Morgan fingerprint density at radius 1 is 1.00 bits per heavy atom. The van der Waals surface area contributed by atoms with Gasteiger partial charge in [0.2, 0.25) is 0 Å². The fraction of sp³-hybridized carbons (Fsp3) is 0.292. The van der Waals surface area contributed by atoms with Crippen molar-refractivity contribution in [2.75, 3.05) is 6.54 Å². The van der Waals surface area contributed by atoms with Crippen LogP contribution in [0, 0.1) is 0 Å². The van der Waals surface area contributed by atoms with Crippen molar-refractivity contribution in [3.63, 3.8) is 0 Å². The van der Waals surface area contributed by atoms with Crippen LogP contribution in [0.3, 0.4) is 0 Å². The molecule has 29 heavy (non-hydrogen) atoms. The zero-order valence-electron chi connectivity index (χ0n) is 16.4. The Labute approximate surface area is 171 Å². The molecule has 0 N–H and O–H groups in total. The topological polar surface area (TPSA) is 55.3 Å².